The molecule has 8 nitrogen and oxygen atoms in total. The van der Waals surface area contributed by atoms with Gasteiger partial charge in [0.1, 0.15) is 5.78 Å². The van der Waals surface area contributed by atoms with Crippen LogP contribution in [0.3, 0.4) is 0 Å². The molecule has 2 amide bonds. The number of carbonyl (C=O) groups excluding carboxylic acids is 3. The van der Waals surface area contributed by atoms with Gasteiger partial charge in [-0.1, -0.05) is 24.3 Å². The second-order valence-electron chi connectivity index (χ2n) is 11.1. The molecule has 1 saturated carbocycles. The molecule has 3 aliphatic rings. The van der Waals surface area contributed by atoms with Gasteiger partial charge >= 0.3 is 0 Å². The highest BCUT2D eigenvalue weighted by Gasteiger charge is 2.50. The summed E-state index contributed by atoms with van der Waals surface area (Å²) in [5.41, 5.74) is 3.78. The number of nitrogens with zero attached hydrogens (tertiary/aromatic N) is 2. The molecule has 6 rings (SSSR count). The predicted octanol–water partition coefficient (Wildman–Crippen LogP) is 3.83. The van der Waals surface area contributed by atoms with E-state index in [4.69, 9.17) is 9.47 Å². The summed E-state index contributed by atoms with van der Waals surface area (Å²) in [7, 11) is 3.41. The second kappa shape index (κ2) is 10.1. The number of β-amino-alcohol motifs (C(OH)–C–C–N with tert-alkyl or cyclic N) is 1. The highest BCUT2D eigenvalue weighted by molar-refractivity contribution is 6.02. The summed E-state index contributed by atoms with van der Waals surface area (Å²) < 4.78 is 11.0. The molecule has 1 aliphatic carbocycles. The highest BCUT2D eigenvalue weighted by atomic mass is 16.7. The minimum Gasteiger partial charge on any atom is -0.454 e. The zero-order valence-corrected chi connectivity index (χ0v) is 22.7. The van der Waals surface area contributed by atoms with E-state index in [1.807, 2.05) is 42.5 Å². The molecule has 8 heteroatoms. The van der Waals surface area contributed by atoms with Gasteiger partial charge in [0, 0.05) is 44.7 Å². The van der Waals surface area contributed by atoms with Crippen molar-refractivity contribution >= 4 is 17.6 Å². The minimum absolute atomic E-state index is 0.105. The molecule has 0 spiro atoms. The molecule has 1 atom stereocenters. The lowest BCUT2D eigenvalue weighted by atomic mass is 9.86. The molecule has 0 unspecified atom stereocenters. The van der Waals surface area contributed by atoms with Gasteiger partial charge in [0.25, 0.3) is 11.8 Å². The number of amides is 2. The molecule has 3 aromatic rings. The van der Waals surface area contributed by atoms with Gasteiger partial charge in [-0.15, -0.1) is 0 Å². The smallest absolute Gasteiger partial charge is 0.254 e. The van der Waals surface area contributed by atoms with Crippen molar-refractivity contribution in [2.24, 2.45) is 0 Å². The standard InChI is InChI=1S/C32H32N2O6/c1-33(2)30(37)22-6-4-21(5-7-22)26-15-20(3-9-25(26)31(38)34-14-11-24(35)18-34)16-29(36)32(12-13-32)23-8-10-27-28(17-23)40-19-39-27/h3-10,15,17,24,35H,11-14,16,18-19H2,1-2H3/t24-/m1/s1. The lowest BCUT2D eigenvalue weighted by Crippen LogP contribution is -2.30. The van der Waals surface area contributed by atoms with Crippen molar-refractivity contribution in [2.45, 2.75) is 37.2 Å². The monoisotopic (exact) mass is 540 g/mol. The van der Waals surface area contributed by atoms with Gasteiger partial charge in [-0.3, -0.25) is 14.4 Å². The van der Waals surface area contributed by atoms with Crippen LogP contribution < -0.4 is 9.47 Å². The zero-order chi connectivity index (χ0) is 28.0. The fourth-order valence-corrected chi connectivity index (χ4v) is 5.68. The Morgan fingerprint density at radius 1 is 0.975 bits per heavy atom. The predicted molar refractivity (Wildman–Crippen MR) is 149 cm³/mol. The van der Waals surface area contributed by atoms with Crippen molar-refractivity contribution in [2.75, 3.05) is 34.0 Å². The molecule has 206 valence electrons. The molecule has 3 aromatic carbocycles. The first-order valence-electron chi connectivity index (χ1n) is 13.6. The molecule has 2 heterocycles. The number of fused-ring (bicyclic) bond motifs is 1. The molecule has 1 saturated heterocycles. The average Bonchev–Trinajstić information content (AvgIpc) is 3.44. The third kappa shape index (κ3) is 4.73. The van der Waals surface area contributed by atoms with Crippen LogP contribution >= 0.6 is 0 Å². The summed E-state index contributed by atoms with van der Waals surface area (Å²) in [6.07, 6.45) is 1.83. The molecular weight excluding hydrogens is 508 g/mol. The number of aliphatic hydroxyl groups is 1. The van der Waals surface area contributed by atoms with Gasteiger partial charge in [0.15, 0.2) is 11.5 Å². The van der Waals surface area contributed by atoms with Crippen LogP contribution in [0.4, 0.5) is 0 Å². The molecule has 2 fully saturated rings. The van der Waals surface area contributed by atoms with E-state index in [-0.39, 0.29) is 30.8 Å². The van der Waals surface area contributed by atoms with E-state index in [1.54, 1.807) is 37.2 Å². The molecule has 0 aromatic heterocycles. The Bertz CT molecular complexity index is 1490. The molecule has 2 aliphatic heterocycles. The maximum absolute atomic E-state index is 13.7. The Morgan fingerprint density at radius 3 is 2.40 bits per heavy atom. The van der Waals surface area contributed by atoms with Gasteiger partial charge in [-0.05, 0) is 77.9 Å². The van der Waals surface area contributed by atoms with Crippen LogP contribution in [0.15, 0.2) is 60.7 Å². The normalized spacial score (nSPS) is 18.5. The average molecular weight is 541 g/mol. The van der Waals surface area contributed by atoms with Crippen LogP contribution in [0.1, 0.15) is 51.1 Å². The summed E-state index contributed by atoms with van der Waals surface area (Å²) in [5, 5.41) is 10.00. The van der Waals surface area contributed by atoms with Gasteiger partial charge in [-0.2, -0.15) is 0 Å². The lowest BCUT2D eigenvalue weighted by molar-refractivity contribution is -0.120. The largest absolute Gasteiger partial charge is 0.454 e. The van der Waals surface area contributed by atoms with Gasteiger partial charge < -0.3 is 24.4 Å². The number of ketones is 1. The van der Waals surface area contributed by atoms with Crippen LogP contribution in [0, 0.1) is 0 Å². The number of benzene rings is 3. The van der Waals surface area contributed by atoms with Crippen LogP contribution in [0.2, 0.25) is 0 Å². The van der Waals surface area contributed by atoms with E-state index in [1.165, 1.54) is 4.90 Å². The minimum atomic E-state index is -0.532. The Labute approximate surface area is 233 Å². The summed E-state index contributed by atoms with van der Waals surface area (Å²) in [4.78, 5) is 42.8. The van der Waals surface area contributed by atoms with E-state index in [2.05, 4.69) is 0 Å². The first-order chi connectivity index (χ1) is 19.2. The van der Waals surface area contributed by atoms with E-state index in [9.17, 15) is 19.5 Å². The summed E-state index contributed by atoms with van der Waals surface area (Å²) >= 11 is 0. The Morgan fingerprint density at radius 2 is 1.73 bits per heavy atom. The Hall–Kier alpha value is -4.17. The SMILES string of the molecule is CN(C)C(=O)c1ccc(-c2cc(CC(=O)C3(c4ccc5c(c4)OCO5)CC3)ccc2C(=O)N2CC[C@@H](O)C2)cc1. The second-order valence-corrected chi connectivity index (χ2v) is 11.1. The first kappa shape index (κ1) is 26.1. The van der Waals surface area contributed by atoms with Crippen molar-refractivity contribution in [3.05, 3.63) is 82.9 Å². The maximum atomic E-state index is 13.7. The molecule has 1 N–H and O–H groups in total. The summed E-state index contributed by atoms with van der Waals surface area (Å²) in [6, 6.07) is 18.5. The zero-order valence-electron chi connectivity index (χ0n) is 22.7. The molecular formula is C32H32N2O6. The number of Topliss-reactive ketones (excluding diaryl/α,β-unsaturated/α-hetero) is 1. The van der Waals surface area contributed by atoms with E-state index in [0.29, 0.717) is 47.7 Å². The number of carbonyl (C=O) groups is 3. The topological polar surface area (TPSA) is 96.4 Å². The quantitative estimate of drug-likeness (QED) is 0.489. The number of rotatable bonds is 7. The van der Waals surface area contributed by atoms with Crippen molar-refractivity contribution in [1.29, 1.82) is 0 Å². The van der Waals surface area contributed by atoms with Crippen LogP contribution in [0.5, 0.6) is 11.5 Å². The summed E-state index contributed by atoms with van der Waals surface area (Å²) in [5.74, 6) is 1.24. The third-order valence-electron chi connectivity index (χ3n) is 8.19. The van der Waals surface area contributed by atoms with Crippen LogP contribution in [0.25, 0.3) is 11.1 Å². The van der Waals surface area contributed by atoms with Gasteiger partial charge in [0.05, 0.1) is 11.5 Å². The number of aliphatic hydroxyl groups excluding tert-OH is 1. The van der Waals surface area contributed by atoms with Crippen molar-refractivity contribution in [3.63, 3.8) is 0 Å². The summed E-state index contributed by atoms with van der Waals surface area (Å²) in [6.45, 7) is 0.981. The number of ether oxygens (including phenoxy) is 2. The number of likely N-dealkylation sites (tertiary alicyclic amines) is 1. The molecule has 0 bridgehead atoms. The number of hydrogen-bond donors (Lipinski definition) is 1. The van der Waals surface area contributed by atoms with Crippen LogP contribution in [-0.2, 0) is 16.6 Å². The fraction of sp³-hybridized carbons (Fsp3) is 0.344. The van der Waals surface area contributed by atoms with E-state index >= 15 is 0 Å². The molecule has 0 radical (unpaired) electrons. The van der Waals surface area contributed by atoms with Gasteiger partial charge in [0.2, 0.25) is 6.79 Å². The number of hydrogen-bond acceptors (Lipinski definition) is 6. The van der Waals surface area contributed by atoms with E-state index < -0.39 is 11.5 Å². The third-order valence-corrected chi connectivity index (χ3v) is 8.19. The van der Waals surface area contributed by atoms with Crippen LogP contribution in [-0.4, -0.2) is 72.6 Å². The fourth-order valence-electron chi connectivity index (χ4n) is 5.68. The molecule has 40 heavy (non-hydrogen) atoms. The highest BCUT2D eigenvalue weighted by Crippen LogP contribution is 2.51. The van der Waals surface area contributed by atoms with Crippen molar-refractivity contribution < 1.29 is 29.0 Å². The Balaban J connectivity index is 1.31. The lowest BCUT2D eigenvalue weighted by Gasteiger charge is -2.20. The Kier molecular flexibility index (Phi) is 6.58. The maximum Gasteiger partial charge on any atom is 0.254 e. The first-order valence-corrected chi connectivity index (χ1v) is 13.6. The van der Waals surface area contributed by atoms with E-state index in [0.717, 1.165) is 29.5 Å². The van der Waals surface area contributed by atoms with Crippen molar-refractivity contribution in [3.8, 4) is 22.6 Å². The van der Waals surface area contributed by atoms with Gasteiger partial charge in [-0.25, -0.2) is 0 Å². The van der Waals surface area contributed by atoms with Crippen molar-refractivity contribution in [1.82, 2.24) is 9.80 Å².